The maximum absolute atomic E-state index is 12.7. The number of hydroxylamine groups is 5. The smallest absolute Gasteiger partial charge is 0.345 e. The van der Waals surface area contributed by atoms with Crippen molar-refractivity contribution < 1.29 is 53.1 Å². The molecule has 6 saturated heterocycles. The number of urea groups is 2. The summed E-state index contributed by atoms with van der Waals surface area (Å²) >= 11 is 0. The standard InChI is InChI=1S/C19H25N3O5.C14H16N2O4.C5H11NO2.2CH4/c23-18(20-27-16-8-10-25-11-9-16)17-7-6-15-12-21(17)19(24)22(15)26-13-14-4-2-1-3-5-14;17-13(18)12-7-6-11-8-15(12)14(19)16(11)20-9-10-4-2-1-3-5-10;6-8-5-1-3-7-4-2-5;;/h1-5,15-17H,6-13H2,(H,20,23);1-5,11-12H,6-9H2,(H,17,18);5H,1-4,6H2;2*1H4/t15-,17+;11-,12+;;;/m11.../s1. The lowest BCUT2D eigenvalue weighted by Gasteiger charge is -2.30. The molecule has 6 aliphatic rings. The molecule has 0 saturated carbocycles. The molecule has 6 fully saturated rings. The average Bonchev–Trinajstić information content (AvgIpc) is 3.62. The lowest BCUT2D eigenvalue weighted by Crippen LogP contribution is -2.50. The first kappa shape index (κ1) is 45.3. The molecule has 6 aliphatic heterocycles. The minimum absolute atomic E-state index is 0. The van der Waals surface area contributed by atoms with Crippen molar-refractivity contribution in [2.24, 2.45) is 5.90 Å². The number of amides is 5. The van der Waals surface area contributed by atoms with Gasteiger partial charge in [0.2, 0.25) is 0 Å². The van der Waals surface area contributed by atoms with Gasteiger partial charge in [-0.15, -0.1) is 0 Å². The van der Waals surface area contributed by atoms with Crippen molar-refractivity contribution in [1.29, 1.82) is 0 Å². The quantitative estimate of drug-likeness (QED) is 0.272. The first-order valence-electron chi connectivity index (χ1n) is 19.0. The molecule has 2 aromatic rings. The Labute approximate surface area is 335 Å². The van der Waals surface area contributed by atoms with E-state index in [0.29, 0.717) is 58.8 Å². The number of carboxylic acid groups (broad SMARTS) is 1. The Balaban J connectivity index is 0.000000211. The summed E-state index contributed by atoms with van der Waals surface area (Å²) in [6, 6.07) is 17.4. The van der Waals surface area contributed by atoms with Gasteiger partial charge in [-0.2, -0.15) is 10.1 Å². The zero-order valence-corrected chi connectivity index (χ0v) is 30.9. The molecule has 0 spiro atoms. The average molecular weight is 801 g/mol. The molecule has 57 heavy (non-hydrogen) atoms. The molecule has 4 N–H and O–H groups in total. The van der Waals surface area contributed by atoms with Gasteiger partial charge < -0.3 is 29.2 Å². The number of hydrogen-bond donors (Lipinski definition) is 3. The van der Waals surface area contributed by atoms with E-state index in [-0.39, 0.29) is 57.1 Å². The number of benzene rings is 2. The van der Waals surface area contributed by atoms with E-state index < -0.39 is 18.1 Å². The third kappa shape index (κ3) is 12.1. The van der Waals surface area contributed by atoms with Crippen LogP contribution in [0.1, 0.15) is 77.3 Å². The first-order valence-corrected chi connectivity index (χ1v) is 19.0. The molecule has 0 radical (unpaired) electrons. The third-order valence-electron chi connectivity index (χ3n) is 10.5. The number of carboxylic acids is 1. The van der Waals surface area contributed by atoms with Gasteiger partial charge in [0.15, 0.2) is 0 Å². The Morgan fingerprint density at radius 1 is 0.667 bits per heavy atom. The molecule has 0 aromatic heterocycles. The predicted molar refractivity (Wildman–Crippen MR) is 207 cm³/mol. The molecule has 17 nitrogen and oxygen atoms in total. The fraction of sp³-hybridized carbons (Fsp3) is 0.600. The van der Waals surface area contributed by atoms with Crippen LogP contribution in [0.5, 0.6) is 0 Å². The van der Waals surface area contributed by atoms with E-state index in [0.717, 1.165) is 56.4 Å². The molecule has 4 atom stereocenters. The van der Waals surface area contributed by atoms with Crippen LogP contribution in [-0.2, 0) is 51.6 Å². The highest BCUT2D eigenvalue weighted by Crippen LogP contribution is 2.32. The number of carbonyl (C=O) groups excluding carboxylic acids is 3. The second-order valence-electron chi connectivity index (χ2n) is 14.2. The molecule has 316 valence electrons. The van der Waals surface area contributed by atoms with E-state index in [4.69, 9.17) is 35.0 Å². The third-order valence-corrected chi connectivity index (χ3v) is 10.5. The zero-order chi connectivity index (χ0) is 38.6. The molecule has 0 unspecified atom stereocenters. The summed E-state index contributed by atoms with van der Waals surface area (Å²) in [5, 5.41) is 11.9. The second kappa shape index (κ2) is 22.5. The van der Waals surface area contributed by atoms with Crippen LogP contribution in [0, 0.1) is 0 Å². The van der Waals surface area contributed by atoms with E-state index >= 15 is 0 Å². The Morgan fingerprint density at radius 2 is 1.11 bits per heavy atom. The topological polar surface area (TPSA) is 195 Å². The van der Waals surface area contributed by atoms with Crippen molar-refractivity contribution in [3.63, 3.8) is 0 Å². The molecule has 4 bridgehead atoms. The molecule has 6 heterocycles. The number of ether oxygens (including phenoxy) is 2. The number of carbonyl (C=O) groups is 4. The highest BCUT2D eigenvalue weighted by molar-refractivity contribution is 5.88. The summed E-state index contributed by atoms with van der Waals surface area (Å²) in [7, 11) is 0. The van der Waals surface area contributed by atoms with Crippen molar-refractivity contribution >= 4 is 23.9 Å². The number of rotatable bonds is 11. The molecular formula is C40H60N6O11. The van der Waals surface area contributed by atoms with Gasteiger partial charge in [0.25, 0.3) is 5.91 Å². The number of nitrogens with two attached hydrogens (primary N) is 1. The summed E-state index contributed by atoms with van der Waals surface area (Å²) in [6.07, 6.45) is 6.09. The van der Waals surface area contributed by atoms with Crippen LogP contribution in [0.3, 0.4) is 0 Å². The SMILES string of the molecule is C.C.NOC1CCOCC1.O=C(NOC1CCOCC1)[C@@H]1CC[C@@H]2CN1C(=O)N2OCc1ccccc1.O=C(O)[C@@H]1CC[C@@H]2CN1C(=O)N2OCc1ccccc1. The summed E-state index contributed by atoms with van der Waals surface area (Å²) in [5.41, 5.74) is 4.53. The first-order chi connectivity index (χ1) is 26.8. The molecular weight excluding hydrogens is 740 g/mol. The fourth-order valence-electron chi connectivity index (χ4n) is 7.38. The maximum atomic E-state index is 12.7. The summed E-state index contributed by atoms with van der Waals surface area (Å²) in [5.74, 6) is 3.74. The fourth-order valence-corrected chi connectivity index (χ4v) is 7.38. The van der Waals surface area contributed by atoms with Crippen LogP contribution < -0.4 is 11.4 Å². The predicted octanol–water partition coefficient (Wildman–Crippen LogP) is 4.41. The molecule has 0 aliphatic carbocycles. The van der Waals surface area contributed by atoms with Crippen LogP contribution in [0.4, 0.5) is 9.59 Å². The minimum Gasteiger partial charge on any atom is -0.480 e. The van der Waals surface area contributed by atoms with Gasteiger partial charge in [-0.05, 0) is 62.5 Å². The van der Waals surface area contributed by atoms with E-state index in [1.54, 1.807) is 4.90 Å². The molecule has 2 aromatic carbocycles. The van der Waals surface area contributed by atoms with E-state index in [1.807, 2.05) is 60.7 Å². The molecule has 17 heteroatoms. The van der Waals surface area contributed by atoms with Crippen LogP contribution in [0.25, 0.3) is 0 Å². The van der Waals surface area contributed by atoms with E-state index in [1.165, 1.54) is 15.0 Å². The highest BCUT2D eigenvalue weighted by Gasteiger charge is 2.49. The monoisotopic (exact) mass is 800 g/mol. The van der Waals surface area contributed by atoms with Crippen molar-refractivity contribution in [3.8, 4) is 0 Å². The van der Waals surface area contributed by atoms with Gasteiger partial charge in [0, 0.05) is 39.5 Å². The lowest BCUT2D eigenvalue weighted by atomic mass is 10.0. The van der Waals surface area contributed by atoms with Crippen LogP contribution >= 0.6 is 0 Å². The van der Waals surface area contributed by atoms with Gasteiger partial charge in [0.05, 0.1) is 24.3 Å². The summed E-state index contributed by atoms with van der Waals surface area (Å²) in [6.45, 7) is 4.46. The largest absolute Gasteiger partial charge is 0.480 e. The lowest BCUT2D eigenvalue weighted by molar-refractivity contribution is -0.148. The van der Waals surface area contributed by atoms with Gasteiger partial charge >= 0.3 is 18.0 Å². The Bertz CT molecular complexity index is 1550. The molecule has 5 amide bonds. The van der Waals surface area contributed by atoms with Crippen LogP contribution in [0.2, 0.25) is 0 Å². The second-order valence-corrected chi connectivity index (χ2v) is 14.2. The highest BCUT2D eigenvalue weighted by atomic mass is 16.7. The summed E-state index contributed by atoms with van der Waals surface area (Å²) < 4.78 is 10.3. The number of nitrogens with zero attached hydrogens (tertiary/aromatic N) is 4. The van der Waals surface area contributed by atoms with Crippen LogP contribution in [0.15, 0.2) is 60.7 Å². The number of fused-ring (bicyclic) bond motifs is 4. The van der Waals surface area contributed by atoms with Crippen molar-refractivity contribution in [3.05, 3.63) is 71.8 Å². The van der Waals surface area contributed by atoms with Crippen molar-refractivity contribution in [1.82, 2.24) is 25.4 Å². The number of piperidine rings is 2. The Kier molecular flexibility index (Phi) is 17.9. The van der Waals surface area contributed by atoms with Gasteiger partial charge in [-0.25, -0.2) is 25.8 Å². The Morgan fingerprint density at radius 3 is 1.54 bits per heavy atom. The van der Waals surface area contributed by atoms with Gasteiger partial charge in [0.1, 0.15) is 25.3 Å². The van der Waals surface area contributed by atoms with E-state index in [2.05, 4.69) is 10.3 Å². The van der Waals surface area contributed by atoms with Crippen molar-refractivity contribution in [2.45, 2.75) is 116 Å². The molecule has 8 rings (SSSR count). The Hall–Kier alpha value is -4.36. The van der Waals surface area contributed by atoms with Gasteiger partial charge in [-0.3, -0.25) is 19.3 Å². The minimum atomic E-state index is -0.943. The van der Waals surface area contributed by atoms with Gasteiger partial charge in [-0.1, -0.05) is 75.5 Å². The number of aliphatic carboxylic acids is 1. The van der Waals surface area contributed by atoms with E-state index in [9.17, 15) is 19.2 Å². The maximum Gasteiger partial charge on any atom is 0.345 e. The van der Waals surface area contributed by atoms with Crippen molar-refractivity contribution in [2.75, 3.05) is 39.5 Å². The van der Waals surface area contributed by atoms with Crippen LogP contribution in [-0.4, -0.2) is 125 Å². The number of hydrogen-bond acceptors (Lipinski definition) is 11. The number of nitrogens with one attached hydrogen (secondary N) is 1. The summed E-state index contributed by atoms with van der Waals surface area (Å²) in [4.78, 5) is 73.0. The zero-order valence-electron chi connectivity index (χ0n) is 30.9. The normalized spacial score (nSPS) is 24.3.